The topological polar surface area (TPSA) is 108 Å². The van der Waals surface area contributed by atoms with Gasteiger partial charge in [-0.3, -0.25) is 14.9 Å². The fourth-order valence-electron chi connectivity index (χ4n) is 1.98. The van der Waals surface area contributed by atoms with Crippen molar-refractivity contribution >= 4 is 34.9 Å². The molecule has 0 fully saturated rings. The van der Waals surface area contributed by atoms with E-state index < -0.39 is 23.4 Å². The highest BCUT2D eigenvalue weighted by Crippen LogP contribution is 2.27. The smallest absolute Gasteiger partial charge is 0.342 e. The first kappa shape index (κ1) is 18.2. The number of nitrogens with zero attached hydrogens (tertiary/aromatic N) is 1. The quantitative estimate of drug-likeness (QED) is 0.479. The van der Waals surface area contributed by atoms with E-state index in [-0.39, 0.29) is 22.0 Å². The molecule has 0 unspecified atom stereocenters. The van der Waals surface area contributed by atoms with E-state index in [2.05, 4.69) is 5.32 Å². The number of benzene rings is 2. The van der Waals surface area contributed by atoms with Gasteiger partial charge in [0, 0.05) is 11.1 Å². The van der Waals surface area contributed by atoms with Gasteiger partial charge in [-0.1, -0.05) is 23.7 Å². The maximum absolute atomic E-state index is 12.0. The Bertz CT molecular complexity index is 824. The third-order valence-corrected chi connectivity index (χ3v) is 3.33. The summed E-state index contributed by atoms with van der Waals surface area (Å²) in [6.45, 7) is -0.624. The first-order valence-corrected chi connectivity index (χ1v) is 7.34. The molecule has 8 nitrogen and oxygen atoms in total. The molecule has 0 radical (unpaired) electrons. The molecule has 0 saturated carbocycles. The summed E-state index contributed by atoms with van der Waals surface area (Å²) >= 11 is 5.77. The maximum Gasteiger partial charge on any atom is 0.342 e. The van der Waals surface area contributed by atoms with Crippen LogP contribution in [0.25, 0.3) is 0 Å². The van der Waals surface area contributed by atoms with Crippen molar-refractivity contribution < 1.29 is 24.0 Å². The van der Waals surface area contributed by atoms with Gasteiger partial charge in [0.1, 0.15) is 17.0 Å². The predicted molar refractivity (Wildman–Crippen MR) is 90.0 cm³/mol. The number of methoxy groups -OCH3 is 1. The Hall–Kier alpha value is -3.13. The molecule has 0 aliphatic rings. The molecule has 0 bridgehead atoms. The Morgan fingerprint density at radius 2 is 1.96 bits per heavy atom. The van der Waals surface area contributed by atoms with E-state index in [1.807, 2.05) is 0 Å². The number of para-hydroxylation sites is 1. The molecule has 0 spiro atoms. The van der Waals surface area contributed by atoms with E-state index >= 15 is 0 Å². The summed E-state index contributed by atoms with van der Waals surface area (Å²) < 4.78 is 9.93. The van der Waals surface area contributed by atoms with Crippen molar-refractivity contribution in [3.05, 3.63) is 63.2 Å². The van der Waals surface area contributed by atoms with Crippen molar-refractivity contribution in [1.29, 1.82) is 0 Å². The number of anilines is 1. The Kier molecular flexibility index (Phi) is 5.91. The van der Waals surface area contributed by atoms with Crippen LogP contribution < -0.4 is 10.1 Å². The summed E-state index contributed by atoms with van der Waals surface area (Å²) in [5.74, 6) is -1.19. The molecule has 0 atom stereocenters. The molecule has 0 aromatic heterocycles. The fraction of sp³-hybridized carbons (Fsp3) is 0.125. The fourth-order valence-corrected chi connectivity index (χ4v) is 2.15. The van der Waals surface area contributed by atoms with E-state index in [0.717, 1.165) is 0 Å². The number of nitro groups is 1. The summed E-state index contributed by atoms with van der Waals surface area (Å²) in [5, 5.41) is 13.5. The minimum atomic E-state index is -0.756. The third kappa shape index (κ3) is 4.67. The van der Waals surface area contributed by atoms with Gasteiger partial charge in [-0.05, 0) is 24.3 Å². The van der Waals surface area contributed by atoms with Crippen molar-refractivity contribution in [2.24, 2.45) is 0 Å². The lowest BCUT2D eigenvalue weighted by molar-refractivity contribution is -0.383. The number of hydrogen-bond acceptors (Lipinski definition) is 6. The van der Waals surface area contributed by atoms with E-state index in [1.54, 1.807) is 18.2 Å². The molecule has 2 aromatic rings. The normalized spacial score (nSPS) is 10.0. The summed E-state index contributed by atoms with van der Waals surface area (Å²) in [4.78, 5) is 34.2. The second kappa shape index (κ2) is 8.11. The van der Waals surface area contributed by atoms with Crippen LogP contribution in [-0.2, 0) is 9.53 Å². The lowest BCUT2D eigenvalue weighted by Gasteiger charge is -2.09. The van der Waals surface area contributed by atoms with Gasteiger partial charge in [0.05, 0.1) is 12.0 Å². The summed E-state index contributed by atoms with van der Waals surface area (Å²) in [7, 11) is 1.40. The van der Waals surface area contributed by atoms with Crippen molar-refractivity contribution in [2.75, 3.05) is 19.0 Å². The minimum absolute atomic E-state index is 0.0872. The molecule has 0 aliphatic carbocycles. The summed E-state index contributed by atoms with van der Waals surface area (Å²) in [6.07, 6.45) is 0. The largest absolute Gasteiger partial charge is 0.496 e. The first-order chi connectivity index (χ1) is 11.9. The molecule has 1 N–H and O–H groups in total. The number of nitrogens with one attached hydrogen (secondary N) is 1. The molecule has 0 heterocycles. The molecule has 2 rings (SSSR count). The molecular weight excluding hydrogens is 352 g/mol. The number of ether oxygens (including phenoxy) is 2. The number of esters is 1. The van der Waals surface area contributed by atoms with Gasteiger partial charge in [-0.25, -0.2) is 4.79 Å². The molecule has 0 saturated heterocycles. The number of carbonyl (C=O) groups is 2. The zero-order valence-electron chi connectivity index (χ0n) is 13.0. The highest BCUT2D eigenvalue weighted by molar-refractivity contribution is 6.31. The van der Waals surface area contributed by atoms with Crippen molar-refractivity contribution in [3.63, 3.8) is 0 Å². The van der Waals surface area contributed by atoms with E-state index in [1.165, 1.54) is 31.4 Å². The predicted octanol–water partition coefficient (Wildman–Crippen LogP) is 3.05. The maximum atomic E-state index is 12.0. The van der Waals surface area contributed by atoms with Gasteiger partial charge in [0.15, 0.2) is 6.61 Å². The molecule has 2 aromatic carbocycles. The van der Waals surface area contributed by atoms with Crippen molar-refractivity contribution in [3.8, 4) is 5.75 Å². The average molecular weight is 365 g/mol. The number of amides is 1. The number of halogens is 1. The van der Waals surface area contributed by atoms with Crippen LogP contribution in [-0.4, -0.2) is 30.5 Å². The number of hydrogen-bond donors (Lipinski definition) is 1. The SMILES string of the molecule is COc1ccccc1C(=O)OCC(=O)Nc1cc(Cl)ccc1[N+](=O)[O-]. The van der Waals surface area contributed by atoms with Crippen LogP contribution in [0.3, 0.4) is 0 Å². The third-order valence-electron chi connectivity index (χ3n) is 3.09. The summed E-state index contributed by atoms with van der Waals surface area (Å²) in [6, 6.07) is 10.1. The molecular formula is C16H13ClN2O6. The van der Waals surface area contributed by atoms with E-state index in [0.29, 0.717) is 5.75 Å². The molecule has 0 aliphatic heterocycles. The molecule has 25 heavy (non-hydrogen) atoms. The van der Waals surface area contributed by atoms with E-state index in [4.69, 9.17) is 21.1 Å². The Morgan fingerprint density at radius 1 is 1.24 bits per heavy atom. The molecule has 1 amide bonds. The van der Waals surface area contributed by atoms with Crippen LogP contribution in [0.2, 0.25) is 5.02 Å². The minimum Gasteiger partial charge on any atom is -0.496 e. The highest BCUT2D eigenvalue weighted by Gasteiger charge is 2.18. The van der Waals surface area contributed by atoms with Gasteiger partial charge in [-0.15, -0.1) is 0 Å². The Balaban J connectivity index is 2.03. The van der Waals surface area contributed by atoms with E-state index in [9.17, 15) is 19.7 Å². The van der Waals surface area contributed by atoms with Gasteiger partial charge >= 0.3 is 5.97 Å². The average Bonchev–Trinajstić information content (AvgIpc) is 2.59. The van der Waals surface area contributed by atoms with Crippen molar-refractivity contribution in [2.45, 2.75) is 0 Å². The standard InChI is InChI=1S/C16H13ClN2O6/c1-24-14-5-3-2-4-11(14)16(21)25-9-15(20)18-12-8-10(17)6-7-13(12)19(22)23/h2-8H,9H2,1H3,(H,18,20). The second-order valence-electron chi connectivity index (χ2n) is 4.74. The van der Waals surface area contributed by atoms with Gasteiger partial charge < -0.3 is 14.8 Å². The molecule has 130 valence electrons. The monoisotopic (exact) mass is 364 g/mol. The van der Waals surface area contributed by atoms with Gasteiger partial charge in [-0.2, -0.15) is 0 Å². The van der Waals surface area contributed by atoms with Crippen molar-refractivity contribution in [1.82, 2.24) is 0 Å². The van der Waals surface area contributed by atoms with Gasteiger partial charge in [0.2, 0.25) is 0 Å². The number of nitro benzene ring substituents is 1. The zero-order chi connectivity index (χ0) is 18.4. The Morgan fingerprint density at radius 3 is 2.64 bits per heavy atom. The molecule has 9 heteroatoms. The lowest BCUT2D eigenvalue weighted by Crippen LogP contribution is -2.21. The summed E-state index contributed by atoms with van der Waals surface area (Å²) in [5.41, 5.74) is -0.254. The highest BCUT2D eigenvalue weighted by atomic mass is 35.5. The number of rotatable bonds is 6. The van der Waals surface area contributed by atoms with Crippen LogP contribution in [0.15, 0.2) is 42.5 Å². The number of carbonyl (C=O) groups excluding carboxylic acids is 2. The van der Waals surface area contributed by atoms with Crippen LogP contribution in [0.4, 0.5) is 11.4 Å². The lowest BCUT2D eigenvalue weighted by atomic mass is 10.2. The van der Waals surface area contributed by atoms with Crippen LogP contribution in [0, 0.1) is 10.1 Å². The second-order valence-corrected chi connectivity index (χ2v) is 5.18. The van der Waals surface area contributed by atoms with Crippen LogP contribution in [0.5, 0.6) is 5.75 Å². The van der Waals surface area contributed by atoms with Gasteiger partial charge in [0.25, 0.3) is 11.6 Å². The van der Waals surface area contributed by atoms with Crippen LogP contribution >= 0.6 is 11.6 Å². The van der Waals surface area contributed by atoms with Crippen LogP contribution in [0.1, 0.15) is 10.4 Å². The Labute approximate surface area is 147 Å². The first-order valence-electron chi connectivity index (χ1n) is 6.96. The zero-order valence-corrected chi connectivity index (χ0v) is 13.8.